The first-order valence-electron chi connectivity index (χ1n) is 9.72. The van der Waals surface area contributed by atoms with Crippen LogP contribution in [-0.2, 0) is 19.0 Å². The molecular formula is C22H21ClF3N3O2. The number of ether oxygens (including phenoxy) is 1. The van der Waals surface area contributed by atoms with E-state index in [9.17, 15) is 18.0 Å². The lowest BCUT2D eigenvalue weighted by atomic mass is 10.1. The second-order valence-electron chi connectivity index (χ2n) is 6.86. The highest BCUT2D eigenvalue weighted by molar-refractivity contribution is 6.30. The average Bonchev–Trinajstić information content (AvgIpc) is 3.11. The highest BCUT2D eigenvalue weighted by Crippen LogP contribution is 2.29. The van der Waals surface area contributed by atoms with Crippen molar-refractivity contribution in [2.45, 2.75) is 32.4 Å². The van der Waals surface area contributed by atoms with Crippen molar-refractivity contribution in [3.05, 3.63) is 76.6 Å². The molecule has 5 nitrogen and oxygen atoms in total. The predicted molar refractivity (Wildman–Crippen MR) is 112 cm³/mol. The van der Waals surface area contributed by atoms with Crippen LogP contribution >= 0.6 is 11.6 Å². The van der Waals surface area contributed by atoms with Gasteiger partial charge >= 0.3 is 12.3 Å². The molecule has 0 aliphatic heterocycles. The zero-order chi connectivity index (χ0) is 22.4. The predicted octanol–water partition coefficient (Wildman–Crippen LogP) is 5.83. The fraction of sp³-hybridized carbons (Fsp3) is 0.273. The number of benzene rings is 2. The van der Waals surface area contributed by atoms with Gasteiger partial charge in [-0.25, -0.2) is 9.48 Å². The lowest BCUT2D eigenvalue weighted by molar-refractivity contribution is -0.137. The molecule has 2 aromatic carbocycles. The van der Waals surface area contributed by atoms with Crippen LogP contribution in [0.15, 0.2) is 54.7 Å². The van der Waals surface area contributed by atoms with Crippen molar-refractivity contribution < 1.29 is 22.7 Å². The Bertz CT molecular complexity index is 1030. The summed E-state index contributed by atoms with van der Waals surface area (Å²) in [6.07, 6.45) is -1.94. The van der Waals surface area contributed by atoms with Gasteiger partial charge in [-0.2, -0.15) is 18.3 Å². The van der Waals surface area contributed by atoms with Crippen LogP contribution in [-0.4, -0.2) is 22.4 Å². The van der Waals surface area contributed by atoms with Crippen molar-refractivity contribution in [3.8, 4) is 11.4 Å². The number of nitrogens with zero attached hydrogens (tertiary/aromatic N) is 2. The van der Waals surface area contributed by atoms with Crippen molar-refractivity contribution in [1.29, 1.82) is 0 Å². The normalized spacial score (nSPS) is 11.4. The van der Waals surface area contributed by atoms with Gasteiger partial charge in [-0.15, -0.1) is 0 Å². The molecule has 1 aromatic heterocycles. The topological polar surface area (TPSA) is 56.1 Å². The summed E-state index contributed by atoms with van der Waals surface area (Å²) >= 11 is 5.93. The fourth-order valence-corrected chi connectivity index (χ4v) is 3.19. The van der Waals surface area contributed by atoms with Crippen LogP contribution < -0.4 is 10.1 Å². The number of nitrogens with one attached hydrogen (secondary N) is 1. The molecule has 31 heavy (non-hydrogen) atoms. The van der Waals surface area contributed by atoms with Gasteiger partial charge in [0.1, 0.15) is 0 Å². The highest BCUT2D eigenvalue weighted by atomic mass is 35.5. The molecule has 1 N–H and O–H groups in total. The van der Waals surface area contributed by atoms with E-state index in [4.69, 9.17) is 16.3 Å². The maximum absolute atomic E-state index is 12.8. The number of carbonyl (C=O) groups excluding carboxylic acids is 1. The van der Waals surface area contributed by atoms with E-state index in [1.54, 1.807) is 22.9 Å². The molecule has 0 aliphatic carbocycles. The molecule has 0 atom stereocenters. The maximum atomic E-state index is 12.8. The van der Waals surface area contributed by atoms with Gasteiger partial charge in [0, 0.05) is 11.6 Å². The van der Waals surface area contributed by atoms with E-state index in [2.05, 4.69) is 10.4 Å². The Hall–Kier alpha value is -3.00. The van der Waals surface area contributed by atoms with E-state index in [1.807, 2.05) is 19.1 Å². The van der Waals surface area contributed by atoms with E-state index < -0.39 is 17.8 Å². The summed E-state index contributed by atoms with van der Waals surface area (Å²) in [7, 11) is 0. The molecule has 3 aromatic rings. The summed E-state index contributed by atoms with van der Waals surface area (Å²) in [6, 6.07) is 12.1. The van der Waals surface area contributed by atoms with E-state index in [0.29, 0.717) is 22.8 Å². The fourth-order valence-electron chi connectivity index (χ4n) is 3.06. The molecule has 0 fully saturated rings. The van der Waals surface area contributed by atoms with E-state index in [0.717, 1.165) is 29.9 Å². The van der Waals surface area contributed by atoms with Gasteiger partial charge in [-0.3, -0.25) is 0 Å². The SMILES string of the molecule is CCCc1c(OC(=O)NCCc2cccc(C(F)(F)F)c2)cnn1-c1ccc(Cl)cc1. The molecule has 1 amide bonds. The first-order chi connectivity index (χ1) is 14.8. The van der Waals surface area contributed by atoms with Crippen molar-refractivity contribution in [3.63, 3.8) is 0 Å². The van der Waals surface area contributed by atoms with Gasteiger partial charge in [-0.1, -0.05) is 43.1 Å². The Morgan fingerprint density at radius 1 is 1.16 bits per heavy atom. The minimum Gasteiger partial charge on any atom is -0.407 e. The first-order valence-corrected chi connectivity index (χ1v) is 10.1. The second kappa shape index (κ2) is 9.87. The molecule has 0 radical (unpaired) electrons. The molecule has 0 spiro atoms. The monoisotopic (exact) mass is 451 g/mol. The molecule has 0 aliphatic rings. The Balaban J connectivity index is 1.62. The summed E-state index contributed by atoms with van der Waals surface area (Å²) in [5.41, 5.74) is 1.27. The molecule has 1 heterocycles. The summed E-state index contributed by atoms with van der Waals surface area (Å²) in [5, 5.41) is 7.48. The average molecular weight is 452 g/mol. The molecule has 3 rings (SSSR count). The van der Waals surface area contributed by atoms with Gasteiger partial charge in [0.25, 0.3) is 0 Å². The van der Waals surface area contributed by atoms with Crippen molar-refractivity contribution >= 4 is 17.7 Å². The van der Waals surface area contributed by atoms with E-state index >= 15 is 0 Å². The lowest BCUT2D eigenvalue weighted by Crippen LogP contribution is -2.29. The van der Waals surface area contributed by atoms with Crippen LogP contribution in [0, 0.1) is 0 Å². The zero-order valence-corrected chi connectivity index (χ0v) is 17.5. The quantitative estimate of drug-likeness (QED) is 0.492. The zero-order valence-electron chi connectivity index (χ0n) is 16.7. The number of alkyl halides is 3. The molecule has 0 saturated carbocycles. The van der Waals surface area contributed by atoms with E-state index in [-0.39, 0.29) is 13.0 Å². The number of carbonyl (C=O) groups is 1. The van der Waals surface area contributed by atoms with Gasteiger partial charge in [0.15, 0.2) is 5.75 Å². The van der Waals surface area contributed by atoms with Crippen molar-refractivity contribution in [1.82, 2.24) is 15.1 Å². The number of rotatable bonds is 7. The third-order valence-electron chi connectivity index (χ3n) is 4.53. The van der Waals surface area contributed by atoms with Crippen LogP contribution in [0.2, 0.25) is 5.02 Å². The Morgan fingerprint density at radius 2 is 1.90 bits per heavy atom. The summed E-state index contributed by atoms with van der Waals surface area (Å²) < 4.78 is 45.5. The molecule has 0 saturated heterocycles. The number of hydrogen-bond donors (Lipinski definition) is 1. The van der Waals surface area contributed by atoms with Crippen LogP contribution in [0.1, 0.15) is 30.2 Å². The maximum Gasteiger partial charge on any atom is 0.416 e. The van der Waals surface area contributed by atoms with Gasteiger partial charge in [0.2, 0.25) is 0 Å². The largest absolute Gasteiger partial charge is 0.416 e. The number of hydrogen-bond acceptors (Lipinski definition) is 3. The van der Waals surface area contributed by atoms with Crippen LogP contribution in [0.4, 0.5) is 18.0 Å². The third kappa shape index (κ3) is 6.01. The first kappa shape index (κ1) is 22.7. The van der Waals surface area contributed by atoms with Gasteiger partial charge in [0.05, 0.1) is 23.1 Å². The van der Waals surface area contributed by atoms with Gasteiger partial charge in [-0.05, 0) is 48.7 Å². The standard InChI is InChI=1S/C22H21ClF3N3O2/c1-2-4-19-20(14-28-29(19)18-9-7-17(23)8-10-18)31-21(30)27-12-11-15-5-3-6-16(13-15)22(24,25)26/h3,5-10,13-14H,2,4,11-12H2,1H3,(H,27,30). The summed E-state index contributed by atoms with van der Waals surface area (Å²) in [4.78, 5) is 12.2. The summed E-state index contributed by atoms with van der Waals surface area (Å²) in [5.74, 6) is 0.327. The third-order valence-corrected chi connectivity index (χ3v) is 4.78. The van der Waals surface area contributed by atoms with E-state index in [1.165, 1.54) is 12.3 Å². The molecule has 0 bridgehead atoms. The Morgan fingerprint density at radius 3 is 2.58 bits per heavy atom. The van der Waals surface area contributed by atoms with Crippen molar-refractivity contribution in [2.24, 2.45) is 0 Å². The number of aromatic nitrogens is 2. The highest BCUT2D eigenvalue weighted by Gasteiger charge is 2.30. The smallest absolute Gasteiger partial charge is 0.407 e. The van der Waals surface area contributed by atoms with Gasteiger partial charge < -0.3 is 10.1 Å². The van der Waals surface area contributed by atoms with Crippen molar-refractivity contribution in [2.75, 3.05) is 6.54 Å². The minimum atomic E-state index is -4.40. The molecule has 9 heteroatoms. The Kier molecular flexibility index (Phi) is 7.22. The van der Waals surface area contributed by atoms with Crippen LogP contribution in [0.25, 0.3) is 5.69 Å². The molecular weight excluding hydrogens is 431 g/mol. The van der Waals surface area contributed by atoms with Crippen LogP contribution in [0.5, 0.6) is 5.75 Å². The lowest BCUT2D eigenvalue weighted by Gasteiger charge is -2.11. The second-order valence-corrected chi connectivity index (χ2v) is 7.29. The Labute approximate surface area is 182 Å². The minimum absolute atomic E-state index is 0.134. The van der Waals surface area contributed by atoms with Crippen LogP contribution in [0.3, 0.4) is 0 Å². The molecule has 164 valence electrons. The number of amides is 1. The number of halogens is 4. The summed E-state index contributed by atoms with van der Waals surface area (Å²) in [6.45, 7) is 2.13. The molecule has 0 unspecified atom stereocenters.